The van der Waals surface area contributed by atoms with Crippen molar-refractivity contribution in [2.75, 3.05) is 0 Å². The molecule has 0 aromatic rings. The highest BCUT2D eigenvalue weighted by Crippen LogP contribution is 2.50. The van der Waals surface area contributed by atoms with Crippen LogP contribution in [0.25, 0.3) is 0 Å². The van der Waals surface area contributed by atoms with Crippen molar-refractivity contribution in [1.82, 2.24) is 0 Å². The Hall–Kier alpha value is -0.790. The van der Waals surface area contributed by atoms with E-state index < -0.39 is 5.97 Å². The lowest BCUT2D eigenvalue weighted by atomic mass is 9.62. The minimum atomic E-state index is -0.683. The van der Waals surface area contributed by atoms with Crippen LogP contribution in [0.1, 0.15) is 51.4 Å². The third-order valence-corrected chi connectivity index (χ3v) is 3.81. The number of hydrogen-bond donors (Lipinski definition) is 1. The molecule has 0 unspecified atom stereocenters. The fraction of sp³-hybridized carbons (Fsp3) is 0.750. The molecule has 2 aliphatic carbocycles. The van der Waals surface area contributed by atoms with Crippen LogP contribution in [-0.4, -0.2) is 11.1 Å². The highest BCUT2D eigenvalue weighted by atomic mass is 16.4. The Bertz CT molecular complexity index is 257. The van der Waals surface area contributed by atoms with Gasteiger partial charge in [-0.15, -0.1) is 0 Å². The molecule has 0 aromatic carbocycles. The molecular formula is C12H18O2. The van der Waals surface area contributed by atoms with Crippen molar-refractivity contribution in [3.05, 3.63) is 11.6 Å². The summed E-state index contributed by atoms with van der Waals surface area (Å²) in [6, 6.07) is 0. The van der Waals surface area contributed by atoms with Gasteiger partial charge >= 0.3 is 5.97 Å². The number of carboxylic acid groups (broad SMARTS) is 1. The molecule has 1 spiro atoms. The first-order valence-corrected chi connectivity index (χ1v) is 5.69. The standard InChI is InChI=1S/C12H18O2/c13-11(14)10-6-9-12(10)7-4-2-1-3-5-8-12/h6H,1-5,7-9H2,(H,13,14). The second kappa shape index (κ2) is 3.76. The summed E-state index contributed by atoms with van der Waals surface area (Å²) in [4.78, 5) is 11.0. The van der Waals surface area contributed by atoms with E-state index in [1.807, 2.05) is 6.08 Å². The normalized spacial score (nSPS) is 25.9. The molecule has 1 fully saturated rings. The third-order valence-electron chi connectivity index (χ3n) is 3.81. The van der Waals surface area contributed by atoms with Crippen LogP contribution >= 0.6 is 0 Å². The Morgan fingerprint density at radius 2 is 1.71 bits per heavy atom. The predicted octanol–water partition coefficient (Wildman–Crippen LogP) is 3.13. The molecule has 0 heterocycles. The molecule has 0 bridgehead atoms. The van der Waals surface area contributed by atoms with E-state index >= 15 is 0 Å². The molecule has 2 heteroatoms. The molecule has 0 amide bonds. The summed E-state index contributed by atoms with van der Waals surface area (Å²) in [6.07, 6.45) is 11.5. The minimum absolute atomic E-state index is 0.0756. The summed E-state index contributed by atoms with van der Waals surface area (Å²) < 4.78 is 0. The quantitative estimate of drug-likeness (QED) is 0.696. The SMILES string of the molecule is O=C(O)C1=CCC12CCCCCCC2. The van der Waals surface area contributed by atoms with Crippen LogP contribution in [0.2, 0.25) is 0 Å². The summed E-state index contributed by atoms with van der Waals surface area (Å²) in [5.41, 5.74) is 0.783. The molecule has 0 aliphatic heterocycles. The number of carboxylic acids is 1. The van der Waals surface area contributed by atoms with Gasteiger partial charge in [-0.2, -0.15) is 0 Å². The highest BCUT2D eigenvalue weighted by Gasteiger charge is 2.42. The van der Waals surface area contributed by atoms with Gasteiger partial charge in [-0.1, -0.05) is 38.2 Å². The van der Waals surface area contributed by atoms with Gasteiger partial charge in [-0.05, 0) is 19.3 Å². The lowest BCUT2D eigenvalue weighted by molar-refractivity contribution is -0.134. The lowest BCUT2D eigenvalue weighted by Gasteiger charge is -2.41. The Labute approximate surface area is 85.0 Å². The first-order chi connectivity index (χ1) is 6.75. The van der Waals surface area contributed by atoms with Gasteiger partial charge in [0.1, 0.15) is 0 Å². The third kappa shape index (κ3) is 1.58. The number of rotatable bonds is 1. The molecular weight excluding hydrogens is 176 g/mol. The molecule has 78 valence electrons. The van der Waals surface area contributed by atoms with Crippen LogP contribution in [0.5, 0.6) is 0 Å². The van der Waals surface area contributed by atoms with Crippen LogP contribution in [-0.2, 0) is 4.79 Å². The fourth-order valence-corrected chi connectivity index (χ4v) is 2.86. The maximum Gasteiger partial charge on any atom is 0.331 e. The van der Waals surface area contributed by atoms with Gasteiger partial charge in [0.05, 0.1) is 0 Å². The number of allylic oxidation sites excluding steroid dienone is 1. The summed E-state index contributed by atoms with van der Waals surface area (Å²) in [6.45, 7) is 0. The average molecular weight is 194 g/mol. The van der Waals surface area contributed by atoms with Gasteiger partial charge in [-0.3, -0.25) is 0 Å². The van der Waals surface area contributed by atoms with Gasteiger partial charge in [0.15, 0.2) is 0 Å². The van der Waals surface area contributed by atoms with E-state index in [0.717, 1.165) is 19.3 Å². The second-order valence-corrected chi connectivity index (χ2v) is 4.68. The minimum Gasteiger partial charge on any atom is -0.478 e. The topological polar surface area (TPSA) is 37.3 Å². The van der Waals surface area contributed by atoms with Crippen LogP contribution in [0.3, 0.4) is 0 Å². The summed E-state index contributed by atoms with van der Waals surface area (Å²) in [5.74, 6) is -0.683. The zero-order valence-electron chi connectivity index (χ0n) is 8.59. The van der Waals surface area contributed by atoms with E-state index in [-0.39, 0.29) is 5.41 Å². The molecule has 0 saturated heterocycles. The first kappa shape index (κ1) is 9.75. The fourth-order valence-electron chi connectivity index (χ4n) is 2.86. The van der Waals surface area contributed by atoms with Crippen molar-refractivity contribution in [2.45, 2.75) is 51.4 Å². The van der Waals surface area contributed by atoms with Gasteiger partial charge in [0.2, 0.25) is 0 Å². The average Bonchev–Trinajstić information content (AvgIpc) is 2.00. The summed E-state index contributed by atoms with van der Waals surface area (Å²) in [5, 5.41) is 9.04. The van der Waals surface area contributed by atoms with E-state index in [1.165, 1.54) is 32.1 Å². The predicted molar refractivity (Wildman–Crippen MR) is 55.1 cm³/mol. The van der Waals surface area contributed by atoms with Crippen molar-refractivity contribution >= 4 is 5.97 Å². The van der Waals surface area contributed by atoms with E-state index in [2.05, 4.69) is 0 Å². The highest BCUT2D eigenvalue weighted by molar-refractivity contribution is 5.90. The van der Waals surface area contributed by atoms with Crippen LogP contribution < -0.4 is 0 Å². The Morgan fingerprint density at radius 3 is 2.14 bits per heavy atom. The molecule has 14 heavy (non-hydrogen) atoms. The van der Waals surface area contributed by atoms with Crippen molar-refractivity contribution in [2.24, 2.45) is 5.41 Å². The molecule has 2 rings (SSSR count). The van der Waals surface area contributed by atoms with Crippen molar-refractivity contribution in [3.63, 3.8) is 0 Å². The van der Waals surface area contributed by atoms with Crippen molar-refractivity contribution < 1.29 is 9.90 Å². The largest absolute Gasteiger partial charge is 0.478 e. The van der Waals surface area contributed by atoms with E-state index in [9.17, 15) is 4.79 Å². The Kier molecular flexibility index (Phi) is 2.62. The molecule has 2 aliphatic rings. The van der Waals surface area contributed by atoms with Crippen molar-refractivity contribution in [3.8, 4) is 0 Å². The van der Waals surface area contributed by atoms with Crippen LogP contribution in [0.15, 0.2) is 11.6 Å². The molecule has 1 N–H and O–H groups in total. The van der Waals surface area contributed by atoms with Gasteiger partial charge in [-0.25, -0.2) is 4.79 Å². The zero-order chi connectivity index (χ0) is 10.0. The Balaban J connectivity index is 2.07. The second-order valence-electron chi connectivity index (χ2n) is 4.68. The van der Waals surface area contributed by atoms with Crippen molar-refractivity contribution in [1.29, 1.82) is 0 Å². The lowest BCUT2D eigenvalue weighted by Crippen LogP contribution is -2.34. The monoisotopic (exact) mass is 194 g/mol. The molecule has 1 saturated carbocycles. The first-order valence-electron chi connectivity index (χ1n) is 5.69. The smallest absolute Gasteiger partial charge is 0.331 e. The van der Waals surface area contributed by atoms with E-state index in [0.29, 0.717) is 5.57 Å². The maximum absolute atomic E-state index is 11.0. The molecule has 0 aromatic heterocycles. The van der Waals surface area contributed by atoms with Gasteiger partial charge < -0.3 is 5.11 Å². The number of carbonyl (C=O) groups is 1. The summed E-state index contributed by atoms with van der Waals surface area (Å²) in [7, 11) is 0. The van der Waals surface area contributed by atoms with Gasteiger partial charge in [0, 0.05) is 11.0 Å². The van der Waals surface area contributed by atoms with E-state index in [4.69, 9.17) is 5.11 Å². The number of hydrogen-bond acceptors (Lipinski definition) is 1. The zero-order valence-corrected chi connectivity index (χ0v) is 8.59. The molecule has 2 nitrogen and oxygen atoms in total. The van der Waals surface area contributed by atoms with E-state index in [1.54, 1.807) is 0 Å². The summed E-state index contributed by atoms with van der Waals surface area (Å²) >= 11 is 0. The van der Waals surface area contributed by atoms with Crippen LogP contribution in [0.4, 0.5) is 0 Å². The Morgan fingerprint density at radius 1 is 1.14 bits per heavy atom. The number of aliphatic carboxylic acids is 1. The molecule has 0 radical (unpaired) electrons. The van der Waals surface area contributed by atoms with Gasteiger partial charge in [0.25, 0.3) is 0 Å². The van der Waals surface area contributed by atoms with Crippen LogP contribution in [0, 0.1) is 5.41 Å². The maximum atomic E-state index is 11.0. The molecule has 0 atom stereocenters.